The molecule has 0 saturated heterocycles. The van der Waals surface area contributed by atoms with Crippen LogP contribution in [0.15, 0.2) is 47.5 Å². The predicted octanol–water partition coefficient (Wildman–Crippen LogP) is 2.56. The third-order valence-corrected chi connectivity index (χ3v) is 4.93. The Bertz CT molecular complexity index is 1220. The Morgan fingerprint density at radius 3 is 2.68 bits per heavy atom. The van der Waals surface area contributed by atoms with Gasteiger partial charge in [-0.2, -0.15) is 9.50 Å². The molecule has 0 bridgehead atoms. The Hall–Kier alpha value is -3.26. The fourth-order valence-corrected chi connectivity index (χ4v) is 3.67. The lowest BCUT2D eigenvalue weighted by molar-refractivity contribution is 0.287. The van der Waals surface area contributed by atoms with Crippen molar-refractivity contribution in [2.75, 3.05) is 13.2 Å². The summed E-state index contributed by atoms with van der Waals surface area (Å²) < 4.78 is 13.1. The Morgan fingerprint density at radius 1 is 1.14 bits per heavy atom. The van der Waals surface area contributed by atoms with Gasteiger partial charge in [0.05, 0.1) is 17.7 Å². The average molecular weight is 394 g/mol. The van der Waals surface area contributed by atoms with Gasteiger partial charge in [0.25, 0.3) is 5.56 Å². The van der Waals surface area contributed by atoms with Crippen molar-refractivity contribution < 1.29 is 9.47 Å². The molecule has 0 amide bonds. The van der Waals surface area contributed by atoms with Gasteiger partial charge in [0.1, 0.15) is 0 Å². The highest BCUT2D eigenvalue weighted by molar-refractivity contribution is 7.15. The molecule has 4 aromatic rings. The molecule has 0 aliphatic heterocycles. The molecule has 3 aromatic heterocycles. The number of hydrogen-bond acceptors (Lipinski definition) is 7. The van der Waals surface area contributed by atoms with Crippen LogP contribution in [0.4, 0.5) is 0 Å². The molecule has 0 atom stereocenters. The van der Waals surface area contributed by atoms with Crippen molar-refractivity contribution in [2.45, 2.75) is 13.8 Å². The lowest BCUT2D eigenvalue weighted by Gasteiger charge is -2.11. The first-order valence-electron chi connectivity index (χ1n) is 8.91. The normalized spacial score (nSPS) is 11.9. The molecule has 0 aliphatic carbocycles. The fourth-order valence-electron chi connectivity index (χ4n) is 2.76. The van der Waals surface area contributed by atoms with Crippen LogP contribution in [0.1, 0.15) is 19.4 Å². The van der Waals surface area contributed by atoms with E-state index in [1.807, 2.05) is 50.3 Å². The van der Waals surface area contributed by atoms with Crippen molar-refractivity contribution in [3.05, 3.63) is 63.2 Å². The Labute approximate surface area is 164 Å². The van der Waals surface area contributed by atoms with Gasteiger partial charge in [0.2, 0.25) is 4.96 Å². The van der Waals surface area contributed by atoms with Crippen molar-refractivity contribution in [3.8, 4) is 22.9 Å². The summed E-state index contributed by atoms with van der Waals surface area (Å²) >= 11 is 1.30. The van der Waals surface area contributed by atoms with Gasteiger partial charge in [0.15, 0.2) is 17.3 Å². The van der Waals surface area contributed by atoms with E-state index in [9.17, 15) is 4.79 Å². The van der Waals surface area contributed by atoms with Crippen LogP contribution in [0.2, 0.25) is 0 Å². The zero-order valence-electron chi connectivity index (χ0n) is 15.5. The maximum Gasteiger partial charge on any atom is 0.291 e. The van der Waals surface area contributed by atoms with Crippen LogP contribution in [0, 0.1) is 0 Å². The zero-order chi connectivity index (χ0) is 19.5. The number of nitrogens with zero attached hydrogens (tertiary/aromatic N) is 4. The van der Waals surface area contributed by atoms with Gasteiger partial charge in [-0.15, -0.1) is 5.10 Å². The maximum absolute atomic E-state index is 12.7. The van der Waals surface area contributed by atoms with Gasteiger partial charge in [-0.1, -0.05) is 17.4 Å². The highest BCUT2D eigenvalue weighted by atomic mass is 32.1. The van der Waals surface area contributed by atoms with Crippen molar-refractivity contribution >= 4 is 22.4 Å². The molecule has 0 aliphatic rings. The average Bonchev–Trinajstić information content (AvgIpc) is 3.25. The van der Waals surface area contributed by atoms with Crippen molar-refractivity contribution in [2.24, 2.45) is 0 Å². The van der Waals surface area contributed by atoms with E-state index < -0.39 is 0 Å². The molecule has 0 spiro atoms. The van der Waals surface area contributed by atoms with Crippen LogP contribution in [0.25, 0.3) is 22.4 Å². The molecule has 0 N–H and O–H groups in total. The van der Waals surface area contributed by atoms with E-state index in [1.165, 1.54) is 15.9 Å². The van der Waals surface area contributed by atoms with Crippen LogP contribution in [-0.4, -0.2) is 32.8 Å². The van der Waals surface area contributed by atoms with Crippen molar-refractivity contribution in [1.29, 1.82) is 0 Å². The molecule has 8 heteroatoms. The third-order valence-electron chi connectivity index (χ3n) is 3.97. The summed E-state index contributed by atoms with van der Waals surface area (Å²) in [7, 11) is 0. The Kier molecular flexibility index (Phi) is 5.03. The zero-order valence-corrected chi connectivity index (χ0v) is 16.3. The van der Waals surface area contributed by atoms with E-state index in [-0.39, 0.29) is 5.56 Å². The van der Waals surface area contributed by atoms with Gasteiger partial charge in [-0.05, 0) is 49.8 Å². The summed E-state index contributed by atoms with van der Waals surface area (Å²) in [6.45, 7) is 4.93. The van der Waals surface area contributed by atoms with Crippen molar-refractivity contribution in [3.63, 3.8) is 0 Å². The van der Waals surface area contributed by atoms with Gasteiger partial charge in [-0.3, -0.25) is 9.78 Å². The monoisotopic (exact) mass is 394 g/mol. The summed E-state index contributed by atoms with van der Waals surface area (Å²) in [5, 5.41) is 4.33. The standard InChI is InChI=1S/C20H18N4O3S/c1-3-26-15-8-7-13(10-16(15)27-4-2)11-17-19(25)24-20(28-17)22-18(23-24)14-6-5-9-21-12-14/h5-12H,3-4H2,1-2H3/b17-11-. The van der Waals surface area contributed by atoms with Gasteiger partial charge in [-0.25, -0.2) is 0 Å². The SMILES string of the molecule is CCOc1ccc(/C=c2\sc3nc(-c4cccnc4)nn3c2=O)cc1OCC. The molecular formula is C20H18N4O3S. The maximum atomic E-state index is 12.7. The van der Waals surface area contributed by atoms with E-state index in [4.69, 9.17) is 9.47 Å². The first-order chi connectivity index (χ1) is 13.7. The molecular weight excluding hydrogens is 376 g/mol. The summed E-state index contributed by atoms with van der Waals surface area (Å²) in [6, 6.07) is 9.28. The fraction of sp³-hybridized carbons (Fsp3) is 0.200. The van der Waals surface area contributed by atoms with Crippen LogP contribution < -0.4 is 19.6 Å². The lowest BCUT2D eigenvalue weighted by atomic mass is 10.2. The van der Waals surface area contributed by atoms with Crippen LogP contribution in [0.3, 0.4) is 0 Å². The molecule has 7 nitrogen and oxygen atoms in total. The first kappa shape index (κ1) is 18.1. The van der Waals surface area contributed by atoms with E-state index in [1.54, 1.807) is 12.4 Å². The van der Waals surface area contributed by atoms with E-state index in [0.29, 0.717) is 40.0 Å². The number of ether oxygens (including phenoxy) is 2. The Morgan fingerprint density at radius 2 is 1.96 bits per heavy atom. The molecule has 0 saturated carbocycles. The van der Waals surface area contributed by atoms with Crippen molar-refractivity contribution in [1.82, 2.24) is 19.6 Å². The number of hydrogen-bond donors (Lipinski definition) is 0. The number of pyridine rings is 1. The largest absolute Gasteiger partial charge is 0.490 e. The number of rotatable bonds is 6. The molecule has 142 valence electrons. The molecule has 3 heterocycles. The Balaban J connectivity index is 1.74. The molecule has 0 fully saturated rings. The van der Waals surface area contributed by atoms with Crippen LogP contribution in [0.5, 0.6) is 11.5 Å². The number of thiazole rings is 1. The minimum absolute atomic E-state index is 0.200. The summed E-state index contributed by atoms with van der Waals surface area (Å²) in [6.07, 6.45) is 5.17. The van der Waals surface area contributed by atoms with Gasteiger partial charge < -0.3 is 9.47 Å². The number of aromatic nitrogens is 4. The summed E-state index contributed by atoms with van der Waals surface area (Å²) in [5.74, 6) is 1.83. The first-order valence-corrected chi connectivity index (χ1v) is 9.72. The molecule has 0 unspecified atom stereocenters. The second kappa shape index (κ2) is 7.77. The highest BCUT2D eigenvalue weighted by Crippen LogP contribution is 2.28. The second-order valence-electron chi connectivity index (χ2n) is 5.86. The number of fused-ring (bicyclic) bond motifs is 1. The van der Waals surface area contributed by atoms with Gasteiger partial charge in [0, 0.05) is 18.0 Å². The second-order valence-corrected chi connectivity index (χ2v) is 6.87. The van der Waals surface area contributed by atoms with E-state index >= 15 is 0 Å². The quantitative estimate of drug-likeness (QED) is 0.500. The minimum atomic E-state index is -0.200. The highest BCUT2D eigenvalue weighted by Gasteiger charge is 2.12. The number of benzene rings is 1. The summed E-state index contributed by atoms with van der Waals surface area (Å²) in [5.41, 5.74) is 1.42. The van der Waals surface area contributed by atoms with Gasteiger partial charge >= 0.3 is 0 Å². The predicted molar refractivity (Wildman–Crippen MR) is 108 cm³/mol. The molecule has 1 aromatic carbocycles. The van der Waals surface area contributed by atoms with Crippen LogP contribution >= 0.6 is 11.3 Å². The lowest BCUT2D eigenvalue weighted by Crippen LogP contribution is -2.23. The minimum Gasteiger partial charge on any atom is -0.490 e. The molecule has 4 rings (SSSR count). The van der Waals surface area contributed by atoms with Crippen LogP contribution in [-0.2, 0) is 0 Å². The van der Waals surface area contributed by atoms with E-state index in [0.717, 1.165) is 11.1 Å². The summed E-state index contributed by atoms with van der Waals surface area (Å²) in [4.78, 5) is 21.8. The molecule has 28 heavy (non-hydrogen) atoms. The topological polar surface area (TPSA) is 78.6 Å². The molecule has 0 radical (unpaired) electrons. The van der Waals surface area contributed by atoms with E-state index in [2.05, 4.69) is 15.1 Å². The third kappa shape index (κ3) is 3.46. The smallest absolute Gasteiger partial charge is 0.291 e.